The lowest BCUT2D eigenvalue weighted by atomic mass is 10.1. The van der Waals surface area contributed by atoms with Crippen LogP contribution in [0.4, 0.5) is 5.69 Å². The van der Waals surface area contributed by atoms with Gasteiger partial charge in [0.1, 0.15) is 0 Å². The zero-order valence-electron chi connectivity index (χ0n) is 16.8. The summed E-state index contributed by atoms with van der Waals surface area (Å²) in [5.74, 6) is 0. The maximum absolute atomic E-state index is 13.3. The van der Waals surface area contributed by atoms with Crippen molar-refractivity contribution in [2.45, 2.75) is 13.3 Å². The van der Waals surface area contributed by atoms with Crippen LogP contribution in [-0.2, 0) is 6.42 Å². The van der Waals surface area contributed by atoms with Crippen LogP contribution in [0.2, 0.25) is 0 Å². The smallest absolute Gasteiger partial charge is 0.280 e. The zero-order valence-corrected chi connectivity index (χ0v) is 17.6. The van der Waals surface area contributed by atoms with Crippen LogP contribution in [0, 0.1) is 10.1 Å². The number of nitro benzene ring substituents is 1. The molecule has 4 rings (SSSR count). The van der Waals surface area contributed by atoms with E-state index in [-0.39, 0.29) is 11.2 Å². The van der Waals surface area contributed by atoms with E-state index in [0.717, 1.165) is 12.0 Å². The summed E-state index contributed by atoms with van der Waals surface area (Å²) in [7, 11) is 0. The first-order valence-electron chi connectivity index (χ1n) is 9.73. The average molecular weight is 433 g/mol. The van der Waals surface area contributed by atoms with E-state index in [1.54, 1.807) is 23.5 Å². The summed E-state index contributed by atoms with van der Waals surface area (Å²) in [5.41, 5.74) is 2.92. The maximum atomic E-state index is 13.3. The van der Waals surface area contributed by atoms with Gasteiger partial charge in [0.05, 0.1) is 21.9 Å². The van der Waals surface area contributed by atoms with Crippen LogP contribution in [0.3, 0.4) is 0 Å². The van der Waals surface area contributed by atoms with E-state index in [2.05, 4.69) is 16.2 Å². The first-order chi connectivity index (χ1) is 15.0. The maximum Gasteiger partial charge on any atom is 0.280 e. The molecule has 0 saturated heterocycles. The molecule has 31 heavy (non-hydrogen) atoms. The third kappa shape index (κ3) is 4.39. The Hall–Kier alpha value is -3.78. The summed E-state index contributed by atoms with van der Waals surface area (Å²) in [6.45, 7) is 2.42. The van der Waals surface area contributed by atoms with Gasteiger partial charge in [-0.2, -0.15) is 0 Å². The molecule has 0 atom stereocenters. The molecule has 4 aromatic rings. The summed E-state index contributed by atoms with van der Waals surface area (Å²) in [5, 5.41) is 16.2. The largest absolute Gasteiger partial charge is 0.290 e. The second-order valence-electron chi connectivity index (χ2n) is 6.94. The van der Waals surface area contributed by atoms with Crippen LogP contribution in [0.25, 0.3) is 16.9 Å². The molecule has 0 bridgehead atoms. The number of aromatic nitrogens is 2. The minimum atomic E-state index is -0.466. The van der Waals surface area contributed by atoms with Gasteiger partial charge in [0, 0.05) is 41.3 Å². The molecule has 0 radical (unpaired) electrons. The van der Waals surface area contributed by atoms with Crippen molar-refractivity contribution in [2.24, 2.45) is 4.99 Å². The molecule has 2 aromatic heterocycles. The lowest BCUT2D eigenvalue weighted by Crippen LogP contribution is -2.19. The fourth-order valence-corrected chi connectivity index (χ4v) is 4.06. The van der Waals surface area contributed by atoms with Gasteiger partial charge < -0.3 is 0 Å². The molecule has 2 heterocycles. The molecular weight excluding hydrogens is 412 g/mol. The number of aliphatic imine (C=N–C) groups is 1. The van der Waals surface area contributed by atoms with Crippen molar-refractivity contribution in [3.05, 3.63) is 103 Å². The van der Waals surface area contributed by atoms with Gasteiger partial charge in [-0.1, -0.05) is 36.4 Å². The number of aromatic amines is 1. The summed E-state index contributed by atoms with van der Waals surface area (Å²) >= 11 is 1.69. The predicted molar refractivity (Wildman–Crippen MR) is 124 cm³/mol. The third-order valence-electron chi connectivity index (χ3n) is 4.92. The number of nitro groups is 1. The summed E-state index contributed by atoms with van der Waals surface area (Å²) in [4.78, 5) is 29.7. The highest BCUT2D eigenvalue weighted by Crippen LogP contribution is 2.22. The first-order valence-corrected chi connectivity index (χ1v) is 10.6. The van der Waals surface area contributed by atoms with Crippen molar-refractivity contribution < 1.29 is 4.92 Å². The number of benzene rings is 2. The van der Waals surface area contributed by atoms with Gasteiger partial charge in [-0.15, -0.1) is 11.3 Å². The van der Waals surface area contributed by atoms with Crippen LogP contribution in [0.5, 0.6) is 0 Å². The minimum absolute atomic E-state index is 0.0295. The van der Waals surface area contributed by atoms with E-state index >= 15 is 0 Å². The standard InChI is InChI=1S/C23H20N4O3S/c1-16(24-14-13-20-8-5-15-31-20)21-22(17-6-3-2-4-7-17)25-26(23(21)28)18-9-11-19(12-10-18)27(29)30/h2-12,15,25H,13-14H2,1H3. The molecule has 1 N–H and O–H groups in total. The van der Waals surface area contributed by atoms with Crippen molar-refractivity contribution in [2.75, 3.05) is 6.54 Å². The molecule has 0 spiro atoms. The number of hydrogen-bond acceptors (Lipinski definition) is 5. The Bertz CT molecular complexity index is 1270. The molecule has 156 valence electrons. The molecule has 0 aliphatic rings. The molecule has 0 unspecified atom stereocenters. The normalized spacial score (nSPS) is 11.6. The molecule has 0 fully saturated rings. The van der Waals surface area contributed by atoms with E-state index in [1.165, 1.54) is 21.7 Å². The minimum Gasteiger partial charge on any atom is -0.290 e. The first kappa shape index (κ1) is 20.5. The van der Waals surface area contributed by atoms with Crippen LogP contribution >= 0.6 is 11.3 Å². The summed E-state index contributed by atoms with van der Waals surface area (Å²) in [6.07, 6.45) is 0.816. The van der Waals surface area contributed by atoms with Gasteiger partial charge in [-0.25, -0.2) is 4.68 Å². The Morgan fingerprint density at radius 3 is 2.48 bits per heavy atom. The molecule has 0 saturated carbocycles. The number of non-ortho nitro benzene ring substituents is 1. The quantitative estimate of drug-likeness (QED) is 0.257. The molecule has 7 nitrogen and oxygen atoms in total. The number of thiophene rings is 1. The van der Waals surface area contributed by atoms with Gasteiger partial charge in [-0.05, 0) is 30.5 Å². The fourth-order valence-electron chi connectivity index (χ4n) is 3.36. The summed E-state index contributed by atoms with van der Waals surface area (Å²) < 4.78 is 1.40. The highest BCUT2D eigenvalue weighted by Gasteiger charge is 2.19. The SMILES string of the molecule is CC(=NCCc1cccs1)c1c(-c2ccccc2)[nH]n(-c2ccc([N+](=O)[O-])cc2)c1=O. The van der Waals surface area contributed by atoms with Crippen molar-refractivity contribution >= 4 is 22.7 Å². The van der Waals surface area contributed by atoms with E-state index in [0.29, 0.717) is 29.2 Å². The molecule has 2 aromatic carbocycles. The van der Waals surface area contributed by atoms with Crippen molar-refractivity contribution in [1.29, 1.82) is 0 Å². The molecule has 0 aliphatic carbocycles. The van der Waals surface area contributed by atoms with Crippen LogP contribution in [0.15, 0.2) is 81.9 Å². The van der Waals surface area contributed by atoms with E-state index in [1.807, 2.05) is 48.7 Å². The lowest BCUT2D eigenvalue weighted by molar-refractivity contribution is -0.384. The molecular formula is C23H20N4O3S. The fraction of sp³-hybridized carbons (Fsp3) is 0.130. The predicted octanol–water partition coefficient (Wildman–Crippen LogP) is 4.85. The Kier molecular flexibility index (Phi) is 5.90. The number of rotatable bonds is 7. The summed E-state index contributed by atoms with van der Waals surface area (Å²) in [6, 6.07) is 19.5. The highest BCUT2D eigenvalue weighted by molar-refractivity contribution is 7.09. The van der Waals surface area contributed by atoms with Gasteiger partial charge >= 0.3 is 0 Å². The second-order valence-corrected chi connectivity index (χ2v) is 7.97. The van der Waals surface area contributed by atoms with Crippen molar-refractivity contribution in [3.63, 3.8) is 0 Å². The Balaban J connectivity index is 1.75. The monoisotopic (exact) mass is 432 g/mol. The topological polar surface area (TPSA) is 93.3 Å². The van der Waals surface area contributed by atoms with Gasteiger partial charge in [-0.3, -0.25) is 25.0 Å². The molecule has 0 amide bonds. The van der Waals surface area contributed by atoms with Crippen LogP contribution in [-0.4, -0.2) is 27.0 Å². The highest BCUT2D eigenvalue weighted by atomic mass is 32.1. The number of nitrogens with one attached hydrogen (secondary N) is 1. The van der Waals surface area contributed by atoms with E-state index in [9.17, 15) is 14.9 Å². The van der Waals surface area contributed by atoms with Gasteiger partial charge in [0.25, 0.3) is 11.2 Å². The third-order valence-corrected chi connectivity index (χ3v) is 5.86. The Labute approximate surface area is 182 Å². The Morgan fingerprint density at radius 1 is 1.10 bits per heavy atom. The van der Waals surface area contributed by atoms with Crippen LogP contribution < -0.4 is 5.56 Å². The molecule has 8 heteroatoms. The lowest BCUT2D eigenvalue weighted by Gasteiger charge is -2.03. The van der Waals surface area contributed by atoms with E-state index < -0.39 is 4.92 Å². The van der Waals surface area contributed by atoms with Gasteiger partial charge in [0.15, 0.2) is 0 Å². The molecule has 0 aliphatic heterocycles. The number of hydrogen-bond donors (Lipinski definition) is 1. The van der Waals surface area contributed by atoms with Crippen molar-refractivity contribution in [3.8, 4) is 16.9 Å². The Morgan fingerprint density at radius 2 is 1.84 bits per heavy atom. The van der Waals surface area contributed by atoms with Crippen LogP contribution in [0.1, 0.15) is 17.4 Å². The van der Waals surface area contributed by atoms with Gasteiger partial charge in [0.2, 0.25) is 0 Å². The number of H-pyrrole nitrogens is 1. The number of nitrogens with zero attached hydrogens (tertiary/aromatic N) is 3. The van der Waals surface area contributed by atoms with E-state index in [4.69, 9.17) is 0 Å². The van der Waals surface area contributed by atoms with Crippen molar-refractivity contribution in [1.82, 2.24) is 9.78 Å². The second kappa shape index (κ2) is 8.93. The average Bonchev–Trinajstić information content (AvgIpc) is 3.42. The zero-order chi connectivity index (χ0) is 21.8.